The van der Waals surface area contributed by atoms with Gasteiger partial charge in [0.1, 0.15) is 17.6 Å². The molecule has 0 atom stereocenters. The van der Waals surface area contributed by atoms with Crippen LogP contribution in [0.5, 0.6) is 5.88 Å². The number of hydrogen-bond acceptors (Lipinski definition) is 7. The molecule has 0 spiro atoms. The van der Waals surface area contributed by atoms with Gasteiger partial charge in [-0.15, -0.1) is 5.10 Å². The van der Waals surface area contributed by atoms with Crippen LogP contribution in [0.25, 0.3) is 22.2 Å². The average molecular weight is 420 g/mol. The Hall–Kier alpha value is -3.69. The van der Waals surface area contributed by atoms with Gasteiger partial charge >= 0.3 is 0 Å². The predicted molar refractivity (Wildman–Crippen MR) is 116 cm³/mol. The lowest BCUT2D eigenvalue weighted by atomic mass is 9.93. The molecule has 5 rings (SSSR count). The second-order valence-corrected chi connectivity index (χ2v) is 8.00. The van der Waals surface area contributed by atoms with Gasteiger partial charge in [0.2, 0.25) is 5.88 Å². The van der Waals surface area contributed by atoms with Gasteiger partial charge < -0.3 is 10.5 Å². The monoisotopic (exact) mass is 420 g/mol. The van der Waals surface area contributed by atoms with Gasteiger partial charge in [0.25, 0.3) is 5.56 Å². The molecule has 4 aromatic heterocycles. The topological polar surface area (TPSA) is 119 Å². The van der Waals surface area contributed by atoms with Gasteiger partial charge in [-0.05, 0) is 25.7 Å². The molecule has 160 valence electrons. The van der Waals surface area contributed by atoms with Gasteiger partial charge in [-0.2, -0.15) is 10.2 Å². The van der Waals surface area contributed by atoms with Crippen LogP contribution in [-0.4, -0.2) is 40.4 Å². The SMILES string of the molecule is Cn1cc(-c2nn(C3CCC(Oc4ccc(=O)n(C)n4)CC3)c3cc(N)ncc23)cn1. The Labute approximate surface area is 178 Å². The number of nitrogens with two attached hydrogens (primary N) is 1. The van der Waals surface area contributed by atoms with Crippen molar-refractivity contribution in [3.63, 3.8) is 0 Å². The maximum atomic E-state index is 11.5. The van der Waals surface area contributed by atoms with E-state index in [2.05, 4.69) is 19.9 Å². The zero-order chi connectivity index (χ0) is 21.5. The minimum atomic E-state index is -0.153. The molecule has 10 heteroatoms. The molecular formula is C21H24N8O2. The molecule has 10 nitrogen and oxygen atoms in total. The fourth-order valence-corrected chi connectivity index (χ4v) is 4.21. The summed E-state index contributed by atoms with van der Waals surface area (Å²) in [5, 5.41) is 14.4. The van der Waals surface area contributed by atoms with Crippen molar-refractivity contribution in [2.24, 2.45) is 14.1 Å². The van der Waals surface area contributed by atoms with Crippen molar-refractivity contribution in [1.29, 1.82) is 0 Å². The number of aryl methyl sites for hydroxylation is 2. The van der Waals surface area contributed by atoms with Crippen LogP contribution in [-0.2, 0) is 14.1 Å². The summed E-state index contributed by atoms with van der Waals surface area (Å²) in [5.74, 6) is 0.956. The molecule has 0 unspecified atom stereocenters. The number of fused-ring (bicyclic) bond motifs is 1. The Bertz CT molecular complexity index is 1300. The molecule has 0 aromatic carbocycles. The van der Waals surface area contributed by atoms with E-state index in [9.17, 15) is 4.79 Å². The zero-order valence-corrected chi connectivity index (χ0v) is 17.5. The number of rotatable bonds is 4. The zero-order valence-electron chi connectivity index (χ0n) is 17.5. The van der Waals surface area contributed by atoms with E-state index in [1.165, 1.54) is 10.7 Å². The van der Waals surface area contributed by atoms with Crippen molar-refractivity contribution < 1.29 is 4.74 Å². The van der Waals surface area contributed by atoms with Gasteiger partial charge in [0, 0.05) is 55.6 Å². The molecule has 31 heavy (non-hydrogen) atoms. The summed E-state index contributed by atoms with van der Waals surface area (Å²) in [6.07, 6.45) is 9.20. The molecule has 0 amide bonds. The largest absolute Gasteiger partial charge is 0.473 e. The van der Waals surface area contributed by atoms with E-state index in [1.54, 1.807) is 24.0 Å². The van der Waals surface area contributed by atoms with E-state index in [0.717, 1.165) is 47.8 Å². The Balaban J connectivity index is 1.38. The molecule has 0 radical (unpaired) electrons. The molecule has 1 aliphatic carbocycles. The van der Waals surface area contributed by atoms with E-state index in [-0.39, 0.29) is 17.7 Å². The van der Waals surface area contributed by atoms with Crippen molar-refractivity contribution in [3.8, 4) is 17.1 Å². The summed E-state index contributed by atoms with van der Waals surface area (Å²) in [6, 6.07) is 5.23. The van der Waals surface area contributed by atoms with E-state index in [0.29, 0.717) is 11.7 Å². The number of anilines is 1. The van der Waals surface area contributed by atoms with Crippen molar-refractivity contribution >= 4 is 16.7 Å². The lowest BCUT2D eigenvalue weighted by molar-refractivity contribution is 0.123. The van der Waals surface area contributed by atoms with Gasteiger partial charge in [-0.25, -0.2) is 9.67 Å². The molecule has 1 saturated carbocycles. The highest BCUT2D eigenvalue weighted by atomic mass is 16.5. The average Bonchev–Trinajstić information content (AvgIpc) is 3.34. The molecule has 0 aliphatic heterocycles. The Kier molecular flexibility index (Phi) is 4.68. The van der Waals surface area contributed by atoms with Crippen molar-refractivity contribution in [3.05, 3.63) is 47.1 Å². The lowest BCUT2D eigenvalue weighted by Gasteiger charge is -2.29. The first kappa shape index (κ1) is 19.3. The molecule has 0 bridgehead atoms. The summed E-state index contributed by atoms with van der Waals surface area (Å²) >= 11 is 0. The van der Waals surface area contributed by atoms with Crippen molar-refractivity contribution in [1.82, 2.24) is 34.3 Å². The second kappa shape index (κ2) is 7.53. The van der Waals surface area contributed by atoms with E-state index in [1.807, 2.05) is 25.5 Å². The molecule has 4 heterocycles. The summed E-state index contributed by atoms with van der Waals surface area (Å²) in [5.41, 5.74) is 8.63. The smallest absolute Gasteiger partial charge is 0.266 e. The number of nitrogens with zero attached hydrogens (tertiary/aromatic N) is 7. The van der Waals surface area contributed by atoms with E-state index in [4.69, 9.17) is 15.6 Å². The Morgan fingerprint density at radius 1 is 1.10 bits per heavy atom. The number of pyridine rings is 1. The van der Waals surface area contributed by atoms with Crippen LogP contribution >= 0.6 is 0 Å². The van der Waals surface area contributed by atoms with Gasteiger partial charge in [-0.1, -0.05) is 0 Å². The minimum Gasteiger partial charge on any atom is -0.473 e. The fraction of sp³-hybridized carbons (Fsp3) is 0.381. The van der Waals surface area contributed by atoms with Crippen LogP contribution < -0.4 is 16.0 Å². The minimum absolute atomic E-state index is 0.0626. The first-order valence-corrected chi connectivity index (χ1v) is 10.3. The first-order chi connectivity index (χ1) is 15.0. The number of nitrogen functional groups attached to an aromatic ring is 1. The Morgan fingerprint density at radius 2 is 1.90 bits per heavy atom. The lowest BCUT2D eigenvalue weighted by Crippen LogP contribution is -2.27. The summed E-state index contributed by atoms with van der Waals surface area (Å²) in [4.78, 5) is 15.8. The standard InChI is InChI=1S/C21H24N8O2/c1-27-12-13(10-24-27)21-16-11-23-18(22)9-17(16)29(26-21)14-3-5-15(6-4-14)31-19-7-8-20(30)28(2)25-19/h7-12,14-15H,3-6H2,1-2H3,(H2,22,23). The highest BCUT2D eigenvalue weighted by molar-refractivity contribution is 5.93. The number of ether oxygens (including phenoxy) is 1. The van der Waals surface area contributed by atoms with Crippen LogP contribution in [0.3, 0.4) is 0 Å². The van der Waals surface area contributed by atoms with Crippen LogP contribution in [0.1, 0.15) is 31.7 Å². The summed E-state index contributed by atoms with van der Waals surface area (Å²) < 4.78 is 11.1. The van der Waals surface area contributed by atoms with Crippen LogP contribution in [0.2, 0.25) is 0 Å². The van der Waals surface area contributed by atoms with Crippen molar-refractivity contribution in [2.75, 3.05) is 5.73 Å². The second-order valence-electron chi connectivity index (χ2n) is 8.00. The molecule has 0 saturated heterocycles. The third-order valence-corrected chi connectivity index (χ3v) is 5.80. The predicted octanol–water partition coefficient (Wildman–Crippen LogP) is 2.07. The fourth-order valence-electron chi connectivity index (χ4n) is 4.21. The van der Waals surface area contributed by atoms with Crippen LogP contribution in [0, 0.1) is 0 Å². The van der Waals surface area contributed by atoms with Crippen molar-refractivity contribution in [2.45, 2.75) is 37.8 Å². The molecular weight excluding hydrogens is 396 g/mol. The quantitative estimate of drug-likeness (QED) is 0.537. The van der Waals surface area contributed by atoms with Crippen LogP contribution in [0.15, 0.2) is 41.6 Å². The highest BCUT2D eigenvalue weighted by Gasteiger charge is 2.27. The van der Waals surface area contributed by atoms with Gasteiger partial charge in [0.15, 0.2) is 0 Å². The first-order valence-electron chi connectivity index (χ1n) is 10.3. The molecule has 2 N–H and O–H groups in total. The highest BCUT2D eigenvalue weighted by Crippen LogP contribution is 2.36. The molecule has 4 aromatic rings. The van der Waals surface area contributed by atoms with Gasteiger partial charge in [0.05, 0.1) is 17.8 Å². The maximum absolute atomic E-state index is 11.5. The maximum Gasteiger partial charge on any atom is 0.266 e. The number of aromatic nitrogens is 7. The summed E-state index contributed by atoms with van der Waals surface area (Å²) in [7, 11) is 3.51. The molecule has 1 aliphatic rings. The molecule has 1 fully saturated rings. The third kappa shape index (κ3) is 3.65. The summed E-state index contributed by atoms with van der Waals surface area (Å²) in [6.45, 7) is 0. The van der Waals surface area contributed by atoms with Crippen LogP contribution in [0.4, 0.5) is 5.82 Å². The van der Waals surface area contributed by atoms with Gasteiger partial charge in [-0.3, -0.25) is 14.2 Å². The van der Waals surface area contributed by atoms with E-state index < -0.39 is 0 Å². The normalized spacial score (nSPS) is 19.0. The van der Waals surface area contributed by atoms with E-state index >= 15 is 0 Å². The number of hydrogen-bond donors (Lipinski definition) is 1. The Morgan fingerprint density at radius 3 is 2.61 bits per heavy atom. The third-order valence-electron chi connectivity index (χ3n) is 5.80.